The molecule has 0 spiro atoms. The summed E-state index contributed by atoms with van der Waals surface area (Å²) < 4.78 is 34.5. The van der Waals surface area contributed by atoms with Crippen LogP contribution in [0.1, 0.15) is 6.92 Å². The van der Waals surface area contributed by atoms with Gasteiger partial charge in [-0.3, -0.25) is 4.68 Å². The Kier molecular flexibility index (Phi) is 4.85. The normalized spacial score (nSPS) is 11.1. The molecule has 1 heterocycles. The summed E-state index contributed by atoms with van der Waals surface area (Å²) in [7, 11) is 3.89. The van der Waals surface area contributed by atoms with Gasteiger partial charge in [-0.1, -0.05) is 5.21 Å². The molecule has 5 nitrogen and oxygen atoms in total. The van der Waals surface area contributed by atoms with E-state index >= 15 is 0 Å². The van der Waals surface area contributed by atoms with E-state index in [0.29, 0.717) is 12.2 Å². The molecule has 0 fully saturated rings. The van der Waals surface area contributed by atoms with Crippen molar-refractivity contribution in [3.63, 3.8) is 0 Å². The molecule has 0 amide bonds. The molecule has 2 rings (SSSR count). The molecule has 0 aliphatic rings. The second-order valence-corrected chi connectivity index (χ2v) is 4.84. The highest BCUT2D eigenvalue weighted by Crippen LogP contribution is 2.28. The molecule has 0 atom stereocenters. The van der Waals surface area contributed by atoms with Crippen molar-refractivity contribution in [2.75, 3.05) is 27.2 Å². The molecule has 114 valence electrons. The third-order valence-corrected chi connectivity index (χ3v) is 2.94. The van der Waals surface area contributed by atoms with E-state index < -0.39 is 11.6 Å². The van der Waals surface area contributed by atoms with Gasteiger partial charge in [0.2, 0.25) is 5.82 Å². The van der Waals surface area contributed by atoms with Crippen LogP contribution in [0.5, 0.6) is 5.75 Å². The number of nitrogens with zero attached hydrogens (tertiary/aromatic N) is 4. The van der Waals surface area contributed by atoms with Crippen LogP contribution in [0.25, 0.3) is 11.3 Å². The van der Waals surface area contributed by atoms with Crippen molar-refractivity contribution in [1.29, 1.82) is 0 Å². The molecule has 21 heavy (non-hydrogen) atoms. The molecular formula is C14H18F2N4O. The quantitative estimate of drug-likeness (QED) is 0.819. The fourth-order valence-corrected chi connectivity index (χ4v) is 1.83. The minimum absolute atomic E-state index is 0.0760. The van der Waals surface area contributed by atoms with E-state index in [9.17, 15) is 8.78 Å². The van der Waals surface area contributed by atoms with Crippen molar-refractivity contribution in [2.45, 2.75) is 13.5 Å². The van der Waals surface area contributed by atoms with E-state index in [1.54, 1.807) is 17.8 Å². The van der Waals surface area contributed by atoms with Gasteiger partial charge in [0.25, 0.3) is 0 Å². The molecule has 2 aromatic rings. The lowest BCUT2D eigenvalue weighted by Gasteiger charge is -2.08. The van der Waals surface area contributed by atoms with Crippen LogP contribution >= 0.6 is 0 Å². The zero-order valence-corrected chi connectivity index (χ0v) is 12.3. The molecule has 0 unspecified atom stereocenters. The first-order valence-electron chi connectivity index (χ1n) is 6.69. The molecule has 0 aliphatic heterocycles. The van der Waals surface area contributed by atoms with Crippen LogP contribution in [0.4, 0.5) is 8.78 Å². The maximum atomic E-state index is 14.1. The maximum Gasteiger partial charge on any atom is 0.201 e. The van der Waals surface area contributed by atoms with Gasteiger partial charge in [0.05, 0.1) is 19.3 Å². The summed E-state index contributed by atoms with van der Waals surface area (Å²) in [6, 6.07) is 2.85. The number of hydrogen-bond donors (Lipinski definition) is 0. The van der Waals surface area contributed by atoms with E-state index in [2.05, 4.69) is 10.3 Å². The van der Waals surface area contributed by atoms with E-state index in [0.717, 1.165) is 6.54 Å². The topological polar surface area (TPSA) is 43.2 Å². The van der Waals surface area contributed by atoms with Crippen LogP contribution in [-0.4, -0.2) is 47.1 Å². The van der Waals surface area contributed by atoms with E-state index in [-0.39, 0.29) is 17.9 Å². The monoisotopic (exact) mass is 296 g/mol. The molecule has 0 bridgehead atoms. The van der Waals surface area contributed by atoms with E-state index in [1.165, 1.54) is 12.1 Å². The van der Waals surface area contributed by atoms with Crippen LogP contribution in [0.15, 0.2) is 18.3 Å². The molecule has 0 radical (unpaired) electrons. The van der Waals surface area contributed by atoms with Crippen molar-refractivity contribution >= 4 is 0 Å². The Labute approximate surface area is 122 Å². The van der Waals surface area contributed by atoms with Gasteiger partial charge in [0, 0.05) is 12.1 Å². The number of rotatable bonds is 6. The Bertz CT molecular complexity index is 613. The second kappa shape index (κ2) is 6.62. The number of benzene rings is 1. The van der Waals surface area contributed by atoms with Crippen molar-refractivity contribution in [2.24, 2.45) is 0 Å². The van der Waals surface area contributed by atoms with Gasteiger partial charge in [0.1, 0.15) is 5.69 Å². The van der Waals surface area contributed by atoms with Crippen molar-refractivity contribution in [1.82, 2.24) is 19.9 Å². The lowest BCUT2D eigenvalue weighted by molar-refractivity contribution is 0.314. The van der Waals surface area contributed by atoms with Gasteiger partial charge in [-0.2, -0.15) is 4.39 Å². The molecule has 1 aromatic heterocycles. The van der Waals surface area contributed by atoms with Gasteiger partial charge in [0.15, 0.2) is 11.6 Å². The highest BCUT2D eigenvalue weighted by molar-refractivity contribution is 5.60. The summed E-state index contributed by atoms with van der Waals surface area (Å²) in [5.74, 6) is -2.07. The van der Waals surface area contributed by atoms with Gasteiger partial charge < -0.3 is 9.64 Å². The third-order valence-electron chi connectivity index (χ3n) is 2.94. The van der Waals surface area contributed by atoms with Crippen molar-refractivity contribution in [3.8, 4) is 17.0 Å². The number of halogens is 2. The summed E-state index contributed by atoms with van der Waals surface area (Å²) in [5, 5.41) is 7.80. The Morgan fingerprint density at radius 1 is 1.24 bits per heavy atom. The van der Waals surface area contributed by atoms with E-state index in [1.807, 2.05) is 19.0 Å². The van der Waals surface area contributed by atoms with Crippen molar-refractivity contribution < 1.29 is 13.5 Å². The number of hydrogen-bond acceptors (Lipinski definition) is 4. The van der Waals surface area contributed by atoms with Crippen LogP contribution in [-0.2, 0) is 6.54 Å². The van der Waals surface area contributed by atoms with Gasteiger partial charge >= 0.3 is 0 Å². The molecule has 0 N–H and O–H groups in total. The number of likely N-dealkylation sites (N-methyl/N-ethyl adjacent to an activating group) is 1. The summed E-state index contributed by atoms with van der Waals surface area (Å²) in [6.07, 6.45) is 1.60. The van der Waals surface area contributed by atoms with Crippen molar-refractivity contribution in [3.05, 3.63) is 30.0 Å². The fraction of sp³-hybridized carbons (Fsp3) is 0.429. The first kappa shape index (κ1) is 15.4. The highest BCUT2D eigenvalue weighted by Gasteiger charge is 2.17. The Morgan fingerprint density at radius 3 is 2.67 bits per heavy atom. The molecule has 0 saturated heterocycles. The van der Waals surface area contributed by atoms with Gasteiger partial charge in [-0.25, -0.2) is 4.39 Å². The Balaban J connectivity index is 2.24. The highest BCUT2D eigenvalue weighted by atomic mass is 19.2. The second-order valence-electron chi connectivity index (χ2n) is 4.84. The third kappa shape index (κ3) is 3.55. The molecule has 0 saturated carbocycles. The van der Waals surface area contributed by atoms with Crippen LogP contribution in [0.2, 0.25) is 0 Å². The molecule has 7 heteroatoms. The molecule has 1 aromatic carbocycles. The maximum absolute atomic E-state index is 14.1. The Hall–Kier alpha value is -2.02. The minimum atomic E-state index is -1.00. The standard InChI is InChI=1S/C14H18F2N4O/c1-4-21-12-6-5-10(13(15)14(12)16)11-9-20(18-17-11)8-7-19(2)3/h5-6,9H,4,7-8H2,1-3H3. The van der Waals surface area contributed by atoms with E-state index in [4.69, 9.17) is 4.74 Å². The first-order chi connectivity index (χ1) is 10.0. The summed E-state index contributed by atoms with van der Waals surface area (Å²) >= 11 is 0. The summed E-state index contributed by atoms with van der Waals surface area (Å²) in [6.45, 7) is 3.39. The zero-order chi connectivity index (χ0) is 15.4. The minimum Gasteiger partial charge on any atom is -0.491 e. The number of aromatic nitrogens is 3. The van der Waals surface area contributed by atoms with Crippen LogP contribution < -0.4 is 4.74 Å². The molecule has 0 aliphatic carbocycles. The largest absolute Gasteiger partial charge is 0.491 e. The summed E-state index contributed by atoms with van der Waals surface area (Å²) in [4.78, 5) is 2.00. The molecular weight excluding hydrogens is 278 g/mol. The average molecular weight is 296 g/mol. The van der Waals surface area contributed by atoms with Crippen LogP contribution in [0.3, 0.4) is 0 Å². The SMILES string of the molecule is CCOc1ccc(-c2cn(CCN(C)C)nn2)c(F)c1F. The zero-order valence-electron chi connectivity index (χ0n) is 12.3. The fourth-order valence-electron chi connectivity index (χ4n) is 1.83. The summed E-state index contributed by atoms with van der Waals surface area (Å²) in [5.41, 5.74) is 0.375. The predicted octanol–water partition coefficient (Wildman–Crippen LogP) is 2.18. The van der Waals surface area contributed by atoms with Gasteiger partial charge in [-0.15, -0.1) is 5.10 Å². The van der Waals surface area contributed by atoms with Crippen LogP contribution in [0, 0.1) is 11.6 Å². The average Bonchev–Trinajstić information content (AvgIpc) is 2.91. The smallest absolute Gasteiger partial charge is 0.201 e. The first-order valence-corrected chi connectivity index (χ1v) is 6.69. The number of ether oxygens (including phenoxy) is 1. The lowest BCUT2D eigenvalue weighted by Crippen LogP contribution is -2.18. The van der Waals surface area contributed by atoms with Gasteiger partial charge in [-0.05, 0) is 33.2 Å². The Morgan fingerprint density at radius 2 is 2.00 bits per heavy atom. The lowest BCUT2D eigenvalue weighted by atomic mass is 10.1. The predicted molar refractivity (Wildman–Crippen MR) is 75.1 cm³/mol.